The molecule has 0 aromatic carbocycles. The maximum atomic E-state index is 11.5. The van der Waals surface area contributed by atoms with E-state index in [2.05, 4.69) is 18.8 Å². The highest BCUT2D eigenvalue weighted by atomic mass is 16.1. The van der Waals surface area contributed by atoms with Crippen LogP contribution >= 0.6 is 0 Å². The number of hydrogen-bond acceptors (Lipinski definition) is 2. The van der Waals surface area contributed by atoms with Crippen LogP contribution in [0, 0.1) is 0 Å². The second-order valence-corrected chi connectivity index (χ2v) is 3.56. The summed E-state index contributed by atoms with van der Waals surface area (Å²) in [5.74, 6) is 0. The van der Waals surface area contributed by atoms with Crippen molar-refractivity contribution in [1.82, 2.24) is 9.55 Å². The van der Waals surface area contributed by atoms with E-state index in [9.17, 15) is 4.79 Å². The molecule has 0 spiro atoms. The Labute approximate surface area is 82.0 Å². The molecule has 0 aliphatic heterocycles. The zero-order valence-electron chi connectivity index (χ0n) is 8.27. The van der Waals surface area contributed by atoms with E-state index in [1.165, 1.54) is 0 Å². The van der Waals surface area contributed by atoms with Crippen LogP contribution in [0.4, 0.5) is 0 Å². The van der Waals surface area contributed by atoms with Gasteiger partial charge in [0.1, 0.15) is 5.65 Å². The summed E-state index contributed by atoms with van der Waals surface area (Å²) >= 11 is 0. The molecule has 0 saturated heterocycles. The van der Waals surface area contributed by atoms with Crippen LogP contribution in [-0.4, -0.2) is 9.55 Å². The van der Waals surface area contributed by atoms with E-state index >= 15 is 0 Å². The van der Waals surface area contributed by atoms with Gasteiger partial charge in [-0.05, 0) is 26.0 Å². The fourth-order valence-corrected chi connectivity index (χ4v) is 1.52. The molecule has 2 aromatic rings. The van der Waals surface area contributed by atoms with Gasteiger partial charge in [0.2, 0.25) is 0 Å². The molecule has 0 radical (unpaired) electrons. The average molecular weight is 188 g/mol. The van der Waals surface area contributed by atoms with Gasteiger partial charge in [-0.1, -0.05) is 0 Å². The highest BCUT2D eigenvalue weighted by Crippen LogP contribution is 2.11. The fraction of sp³-hybridized carbons (Fsp3) is 0.273. The molecule has 2 aromatic heterocycles. The summed E-state index contributed by atoms with van der Waals surface area (Å²) in [5.41, 5.74) is 0.792. The Morgan fingerprint density at radius 3 is 2.86 bits per heavy atom. The Morgan fingerprint density at radius 1 is 1.36 bits per heavy atom. The Kier molecular flexibility index (Phi) is 2.08. The lowest BCUT2D eigenvalue weighted by Crippen LogP contribution is -2.10. The SMILES string of the molecule is CC(C)n1ccc(=O)c2cccnc21. The summed E-state index contributed by atoms with van der Waals surface area (Å²) in [4.78, 5) is 15.7. The predicted molar refractivity (Wildman–Crippen MR) is 56.4 cm³/mol. The largest absolute Gasteiger partial charge is 0.330 e. The molecule has 14 heavy (non-hydrogen) atoms. The molecule has 2 rings (SSSR count). The maximum absolute atomic E-state index is 11.5. The first-order valence-corrected chi connectivity index (χ1v) is 4.66. The van der Waals surface area contributed by atoms with E-state index in [1.54, 1.807) is 24.5 Å². The first-order valence-electron chi connectivity index (χ1n) is 4.66. The van der Waals surface area contributed by atoms with Crippen LogP contribution in [0.25, 0.3) is 11.0 Å². The van der Waals surface area contributed by atoms with Gasteiger partial charge in [-0.25, -0.2) is 4.98 Å². The van der Waals surface area contributed by atoms with Gasteiger partial charge in [0.25, 0.3) is 0 Å². The molecule has 72 valence electrons. The first-order chi connectivity index (χ1) is 6.70. The van der Waals surface area contributed by atoms with Crippen LogP contribution in [0.2, 0.25) is 0 Å². The molecule has 3 nitrogen and oxygen atoms in total. The van der Waals surface area contributed by atoms with Gasteiger partial charge in [0, 0.05) is 24.5 Å². The van der Waals surface area contributed by atoms with Crippen molar-refractivity contribution in [3.05, 3.63) is 40.8 Å². The van der Waals surface area contributed by atoms with Crippen LogP contribution in [0.1, 0.15) is 19.9 Å². The number of pyridine rings is 2. The van der Waals surface area contributed by atoms with Crippen molar-refractivity contribution in [2.45, 2.75) is 19.9 Å². The lowest BCUT2D eigenvalue weighted by molar-refractivity contribution is 0.612. The molecular weight excluding hydrogens is 176 g/mol. The molecule has 0 bridgehead atoms. The molecule has 0 saturated carbocycles. The van der Waals surface area contributed by atoms with E-state index in [4.69, 9.17) is 0 Å². The summed E-state index contributed by atoms with van der Waals surface area (Å²) in [5, 5.41) is 0.684. The Morgan fingerprint density at radius 2 is 2.14 bits per heavy atom. The third-order valence-corrected chi connectivity index (χ3v) is 2.24. The first kappa shape index (κ1) is 8.94. The summed E-state index contributed by atoms with van der Waals surface area (Å²) < 4.78 is 2.00. The van der Waals surface area contributed by atoms with Crippen LogP contribution in [0.3, 0.4) is 0 Å². The van der Waals surface area contributed by atoms with Crippen molar-refractivity contribution >= 4 is 11.0 Å². The number of hydrogen-bond donors (Lipinski definition) is 0. The Bertz CT molecular complexity index is 514. The number of fused-ring (bicyclic) bond motifs is 1. The second kappa shape index (κ2) is 3.25. The van der Waals surface area contributed by atoms with Gasteiger partial charge in [-0.3, -0.25) is 4.79 Å². The molecule has 0 aliphatic carbocycles. The highest BCUT2D eigenvalue weighted by Gasteiger charge is 2.04. The molecule has 0 N–H and O–H groups in total. The number of rotatable bonds is 1. The predicted octanol–water partition coefficient (Wildman–Crippen LogP) is 1.98. The number of aromatic nitrogens is 2. The second-order valence-electron chi connectivity index (χ2n) is 3.56. The Hall–Kier alpha value is -1.64. The zero-order chi connectivity index (χ0) is 10.1. The quantitative estimate of drug-likeness (QED) is 0.685. The van der Waals surface area contributed by atoms with Crippen LogP contribution in [0.15, 0.2) is 35.4 Å². The molecule has 0 fully saturated rings. The van der Waals surface area contributed by atoms with Crippen LogP contribution in [-0.2, 0) is 0 Å². The van der Waals surface area contributed by atoms with E-state index < -0.39 is 0 Å². The molecule has 0 amide bonds. The topological polar surface area (TPSA) is 34.9 Å². The van der Waals surface area contributed by atoms with Crippen molar-refractivity contribution < 1.29 is 0 Å². The lowest BCUT2D eigenvalue weighted by atomic mass is 10.2. The minimum Gasteiger partial charge on any atom is -0.330 e. The standard InChI is InChI=1S/C11H12N2O/c1-8(2)13-7-5-10(14)9-4-3-6-12-11(9)13/h3-8H,1-2H3. The minimum absolute atomic E-state index is 0.0324. The Balaban J connectivity index is 2.89. The monoisotopic (exact) mass is 188 g/mol. The third-order valence-electron chi connectivity index (χ3n) is 2.24. The maximum Gasteiger partial charge on any atom is 0.191 e. The summed E-state index contributed by atoms with van der Waals surface area (Å²) in [6.07, 6.45) is 3.50. The summed E-state index contributed by atoms with van der Waals surface area (Å²) in [6, 6.07) is 5.50. The van der Waals surface area contributed by atoms with Gasteiger partial charge in [-0.15, -0.1) is 0 Å². The van der Waals surface area contributed by atoms with Crippen LogP contribution in [0.5, 0.6) is 0 Å². The number of nitrogens with zero attached hydrogens (tertiary/aromatic N) is 2. The van der Waals surface area contributed by atoms with Gasteiger partial charge in [-0.2, -0.15) is 0 Å². The van der Waals surface area contributed by atoms with Crippen LogP contribution < -0.4 is 5.43 Å². The fourth-order valence-electron chi connectivity index (χ4n) is 1.52. The normalized spacial score (nSPS) is 11.1. The zero-order valence-corrected chi connectivity index (χ0v) is 8.27. The highest BCUT2D eigenvalue weighted by molar-refractivity contribution is 5.74. The molecule has 0 aliphatic rings. The summed E-state index contributed by atoms with van der Waals surface area (Å²) in [7, 11) is 0. The smallest absolute Gasteiger partial charge is 0.191 e. The average Bonchev–Trinajstić information content (AvgIpc) is 2.18. The molecule has 0 unspecified atom stereocenters. The van der Waals surface area contributed by atoms with E-state index in [0.29, 0.717) is 11.4 Å². The van der Waals surface area contributed by atoms with Crippen molar-refractivity contribution in [2.75, 3.05) is 0 Å². The van der Waals surface area contributed by atoms with Gasteiger partial charge in [0.05, 0.1) is 5.39 Å². The summed E-state index contributed by atoms with van der Waals surface area (Å²) in [6.45, 7) is 4.14. The third kappa shape index (κ3) is 1.31. The van der Waals surface area contributed by atoms with Gasteiger partial charge in [0.15, 0.2) is 5.43 Å². The van der Waals surface area contributed by atoms with Crippen molar-refractivity contribution in [2.24, 2.45) is 0 Å². The van der Waals surface area contributed by atoms with Crippen molar-refractivity contribution in [1.29, 1.82) is 0 Å². The lowest BCUT2D eigenvalue weighted by Gasteiger charge is -2.12. The van der Waals surface area contributed by atoms with Gasteiger partial charge < -0.3 is 4.57 Å². The van der Waals surface area contributed by atoms with Gasteiger partial charge >= 0.3 is 0 Å². The molecule has 0 atom stereocenters. The molecule has 3 heteroatoms. The molecule has 2 heterocycles. The molecular formula is C11H12N2O. The van der Waals surface area contributed by atoms with E-state index in [1.807, 2.05) is 10.6 Å². The van der Waals surface area contributed by atoms with E-state index in [-0.39, 0.29) is 5.43 Å². The van der Waals surface area contributed by atoms with Crippen molar-refractivity contribution in [3.8, 4) is 0 Å². The van der Waals surface area contributed by atoms with Crippen molar-refractivity contribution in [3.63, 3.8) is 0 Å². The minimum atomic E-state index is 0.0324. The van der Waals surface area contributed by atoms with E-state index in [0.717, 1.165) is 5.65 Å².